The minimum absolute atomic E-state index is 0.374. The molecule has 0 bridgehead atoms. The van der Waals surface area contributed by atoms with Crippen molar-refractivity contribution >= 4 is 0 Å². The fourth-order valence-electron chi connectivity index (χ4n) is 1.36. The molecule has 0 amide bonds. The van der Waals surface area contributed by atoms with Crippen molar-refractivity contribution in [2.45, 2.75) is 12.3 Å². The summed E-state index contributed by atoms with van der Waals surface area (Å²) < 4.78 is 0. The van der Waals surface area contributed by atoms with Gasteiger partial charge >= 0.3 is 0 Å². The van der Waals surface area contributed by atoms with E-state index >= 15 is 0 Å². The van der Waals surface area contributed by atoms with Crippen molar-refractivity contribution in [3.63, 3.8) is 0 Å². The van der Waals surface area contributed by atoms with Crippen LogP contribution in [-0.4, -0.2) is 42.1 Å². The van der Waals surface area contributed by atoms with Crippen LogP contribution in [0.2, 0.25) is 0 Å². The lowest BCUT2D eigenvalue weighted by Gasteiger charge is -2.17. The van der Waals surface area contributed by atoms with Crippen molar-refractivity contribution in [2.75, 3.05) is 27.2 Å². The molecule has 0 spiro atoms. The molecule has 1 aromatic heterocycles. The summed E-state index contributed by atoms with van der Waals surface area (Å²) in [6, 6.07) is 0. The topological polar surface area (TPSA) is 55.0 Å². The summed E-state index contributed by atoms with van der Waals surface area (Å²) in [7, 11) is 4.13. The Hall–Kier alpha value is -1.00. The molecule has 4 nitrogen and oxygen atoms in total. The Bertz CT molecular complexity index is 248. The molecule has 1 unspecified atom stereocenters. The van der Waals surface area contributed by atoms with Crippen LogP contribution in [0.5, 0.6) is 0 Å². The molecule has 0 saturated heterocycles. The molecule has 1 heterocycles. The van der Waals surface area contributed by atoms with Crippen LogP contribution in [-0.2, 0) is 0 Å². The SMILES string of the molecule is CN(C)CCC(CN)c1cncnc1. The van der Waals surface area contributed by atoms with E-state index < -0.39 is 0 Å². The summed E-state index contributed by atoms with van der Waals surface area (Å²) >= 11 is 0. The third kappa shape index (κ3) is 3.40. The number of hydrogen-bond acceptors (Lipinski definition) is 4. The zero-order valence-corrected chi connectivity index (χ0v) is 8.85. The lowest BCUT2D eigenvalue weighted by atomic mass is 9.98. The average Bonchev–Trinajstić information content (AvgIpc) is 2.20. The normalized spacial score (nSPS) is 13.1. The molecule has 0 aliphatic heterocycles. The zero-order valence-electron chi connectivity index (χ0n) is 8.85. The molecule has 2 N–H and O–H groups in total. The lowest BCUT2D eigenvalue weighted by molar-refractivity contribution is 0.381. The van der Waals surface area contributed by atoms with Crippen LogP contribution in [0, 0.1) is 0 Å². The molecule has 78 valence electrons. The van der Waals surface area contributed by atoms with Crippen LogP contribution in [0.15, 0.2) is 18.7 Å². The van der Waals surface area contributed by atoms with E-state index in [9.17, 15) is 0 Å². The first-order valence-corrected chi connectivity index (χ1v) is 4.83. The first kappa shape index (κ1) is 11.1. The minimum Gasteiger partial charge on any atom is -0.330 e. The van der Waals surface area contributed by atoms with E-state index in [-0.39, 0.29) is 0 Å². The Morgan fingerprint density at radius 2 is 2.00 bits per heavy atom. The minimum atomic E-state index is 0.374. The summed E-state index contributed by atoms with van der Waals surface area (Å²) in [4.78, 5) is 10.2. The highest BCUT2D eigenvalue weighted by atomic mass is 15.0. The van der Waals surface area contributed by atoms with Gasteiger partial charge in [-0.3, -0.25) is 0 Å². The molecule has 0 aliphatic carbocycles. The number of nitrogens with two attached hydrogens (primary N) is 1. The third-order valence-corrected chi connectivity index (χ3v) is 2.26. The maximum Gasteiger partial charge on any atom is 0.115 e. The molecule has 1 atom stereocenters. The molecule has 1 rings (SSSR count). The smallest absolute Gasteiger partial charge is 0.115 e. The predicted molar refractivity (Wildman–Crippen MR) is 57.0 cm³/mol. The molecular weight excluding hydrogens is 176 g/mol. The highest BCUT2D eigenvalue weighted by molar-refractivity contribution is 5.10. The van der Waals surface area contributed by atoms with E-state index in [1.807, 2.05) is 12.4 Å². The van der Waals surface area contributed by atoms with Crippen LogP contribution in [0.3, 0.4) is 0 Å². The molecule has 0 aromatic carbocycles. The van der Waals surface area contributed by atoms with Crippen LogP contribution in [0.25, 0.3) is 0 Å². The molecule has 4 heteroatoms. The lowest BCUT2D eigenvalue weighted by Crippen LogP contribution is -2.20. The van der Waals surface area contributed by atoms with Crippen molar-refractivity contribution < 1.29 is 0 Å². The second-order valence-corrected chi connectivity index (χ2v) is 3.70. The van der Waals surface area contributed by atoms with Gasteiger partial charge in [-0.2, -0.15) is 0 Å². The largest absolute Gasteiger partial charge is 0.330 e. The predicted octanol–water partition coefficient (Wildman–Crippen LogP) is 0.471. The van der Waals surface area contributed by atoms with E-state index in [4.69, 9.17) is 5.73 Å². The first-order valence-electron chi connectivity index (χ1n) is 4.83. The Labute approximate surface area is 85.2 Å². The van der Waals surface area contributed by atoms with Gasteiger partial charge in [-0.05, 0) is 39.2 Å². The van der Waals surface area contributed by atoms with Crippen LogP contribution >= 0.6 is 0 Å². The summed E-state index contributed by atoms with van der Waals surface area (Å²) in [6.45, 7) is 1.69. The first-order chi connectivity index (χ1) is 6.74. The molecular formula is C10H18N4. The molecule has 1 aromatic rings. The van der Waals surface area contributed by atoms with Gasteiger partial charge in [0.25, 0.3) is 0 Å². The van der Waals surface area contributed by atoms with Crippen molar-refractivity contribution in [3.05, 3.63) is 24.3 Å². The molecule has 0 radical (unpaired) electrons. The van der Waals surface area contributed by atoms with Crippen LogP contribution in [0.4, 0.5) is 0 Å². The van der Waals surface area contributed by atoms with Gasteiger partial charge in [-0.25, -0.2) is 9.97 Å². The Morgan fingerprint density at radius 3 is 2.50 bits per heavy atom. The fourth-order valence-corrected chi connectivity index (χ4v) is 1.36. The number of aromatic nitrogens is 2. The van der Waals surface area contributed by atoms with E-state index in [2.05, 4.69) is 29.0 Å². The number of nitrogens with zero attached hydrogens (tertiary/aromatic N) is 3. The summed E-state index contributed by atoms with van der Waals surface area (Å²) in [5.74, 6) is 0.374. The van der Waals surface area contributed by atoms with Crippen LogP contribution < -0.4 is 5.73 Å². The van der Waals surface area contributed by atoms with Gasteiger partial charge in [0.05, 0.1) is 0 Å². The van der Waals surface area contributed by atoms with Gasteiger partial charge in [-0.1, -0.05) is 0 Å². The highest BCUT2D eigenvalue weighted by Gasteiger charge is 2.09. The summed E-state index contributed by atoms with van der Waals surface area (Å²) in [5, 5.41) is 0. The second-order valence-electron chi connectivity index (χ2n) is 3.70. The van der Waals surface area contributed by atoms with E-state index in [0.29, 0.717) is 12.5 Å². The van der Waals surface area contributed by atoms with Gasteiger partial charge in [0.15, 0.2) is 0 Å². The molecule has 0 aliphatic rings. The Morgan fingerprint density at radius 1 is 1.36 bits per heavy atom. The third-order valence-electron chi connectivity index (χ3n) is 2.26. The molecule has 0 saturated carbocycles. The monoisotopic (exact) mass is 194 g/mol. The average molecular weight is 194 g/mol. The number of hydrogen-bond donors (Lipinski definition) is 1. The van der Waals surface area contributed by atoms with Crippen molar-refractivity contribution in [1.29, 1.82) is 0 Å². The molecule has 0 fully saturated rings. The van der Waals surface area contributed by atoms with Gasteiger partial charge in [-0.15, -0.1) is 0 Å². The number of rotatable bonds is 5. The highest BCUT2D eigenvalue weighted by Crippen LogP contribution is 2.16. The maximum atomic E-state index is 5.72. The van der Waals surface area contributed by atoms with Crippen LogP contribution in [0.1, 0.15) is 17.9 Å². The van der Waals surface area contributed by atoms with E-state index in [0.717, 1.165) is 18.5 Å². The van der Waals surface area contributed by atoms with Gasteiger partial charge in [0.2, 0.25) is 0 Å². The van der Waals surface area contributed by atoms with Gasteiger partial charge in [0.1, 0.15) is 6.33 Å². The maximum absolute atomic E-state index is 5.72. The zero-order chi connectivity index (χ0) is 10.4. The van der Waals surface area contributed by atoms with Crippen molar-refractivity contribution in [2.24, 2.45) is 5.73 Å². The Balaban J connectivity index is 2.54. The van der Waals surface area contributed by atoms with E-state index in [1.165, 1.54) is 0 Å². The fraction of sp³-hybridized carbons (Fsp3) is 0.600. The van der Waals surface area contributed by atoms with Gasteiger partial charge < -0.3 is 10.6 Å². The summed E-state index contributed by atoms with van der Waals surface area (Å²) in [5.41, 5.74) is 6.85. The molecule has 14 heavy (non-hydrogen) atoms. The summed E-state index contributed by atoms with van der Waals surface area (Å²) in [6.07, 6.45) is 6.29. The quantitative estimate of drug-likeness (QED) is 0.740. The van der Waals surface area contributed by atoms with Gasteiger partial charge in [0, 0.05) is 18.3 Å². The second kappa shape index (κ2) is 5.67. The standard InChI is InChI=1S/C10H18N4/c1-14(2)4-3-9(5-11)10-6-12-8-13-7-10/h6-9H,3-5,11H2,1-2H3. The van der Waals surface area contributed by atoms with E-state index in [1.54, 1.807) is 6.33 Å². The Kier molecular flexibility index (Phi) is 4.49. The van der Waals surface area contributed by atoms with Crippen molar-refractivity contribution in [3.8, 4) is 0 Å². The van der Waals surface area contributed by atoms with Crippen molar-refractivity contribution in [1.82, 2.24) is 14.9 Å².